The van der Waals surface area contributed by atoms with Gasteiger partial charge < -0.3 is 5.32 Å². The third-order valence-corrected chi connectivity index (χ3v) is 3.19. The van der Waals surface area contributed by atoms with E-state index in [0.29, 0.717) is 18.3 Å². The van der Waals surface area contributed by atoms with Crippen molar-refractivity contribution in [2.45, 2.75) is 39.0 Å². The molecule has 19 heavy (non-hydrogen) atoms. The van der Waals surface area contributed by atoms with Crippen molar-refractivity contribution >= 4 is 11.6 Å². The number of alkyl halides is 4. The molecule has 0 bridgehead atoms. The fourth-order valence-electron chi connectivity index (χ4n) is 1.84. The van der Waals surface area contributed by atoms with E-state index in [1.54, 1.807) is 0 Å². The maximum Gasteiger partial charge on any atom is 0.416 e. The molecule has 1 aromatic carbocycles. The van der Waals surface area contributed by atoms with Crippen LogP contribution < -0.4 is 5.32 Å². The van der Waals surface area contributed by atoms with Crippen LogP contribution in [0.2, 0.25) is 0 Å². The molecule has 1 N–H and O–H groups in total. The minimum Gasteiger partial charge on any atom is -0.309 e. The van der Waals surface area contributed by atoms with Gasteiger partial charge in [0.25, 0.3) is 0 Å². The van der Waals surface area contributed by atoms with E-state index in [2.05, 4.69) is 19.2 Å². The van der Waals surface area contributed by atoms with Crippen LogP contribution in [0.25, 0.3) is 0 Å². The molecule has 0 fully saturated rings. The van der Waals surface area contributed by atoms with Crippen molar-refractivity contribution in [2.24, 2.45) is 5.92 Å². The van der Waals surface area contributed by atoms with Crippen molar-refractivity contribution in [1.29, 1.82) is 0 Å². The van der Waals surface area contributed by atoms with E-state index in [0.717, 1.165) is 24.1 Å². The molecule has 1 nitrogen and oxygen atoms in total. The number of halogens is 4. The standard InChI is InChI=1S/C14H19ClF3N/c1-10(2)7-13(8-15)19-9-11-3-5-12(6-4-11)14(16,17)18/h3-6,10,13,19H,7-9H2,1-2H3. The summed E-state index contributed by atoms with van der Waals surface area (Å²) >= 11 is 5.85. The Hall–Kier alpha value is -0.740. The van der Waals surface area contributed by atoms with Crippen molar-refractivity contribution in [2.75, 3.05) is 5.88 Å². The minimum absolute atomic E-state index is 0.184. The van der Waals surface area contributed by atoms with Gasteiger partial charge in [0.2, 0.25) is 0 Å². The summed E-state index contributed by atoms with van der Waals surface area (Å²) in [6, 6.07) is 5.39. The molecule has 0 saturated heterocycles. The molecule has 0 saturated carbocycles. The van der Waals surface area contributed by atoms with Crippen molar-refractivity contribution in [3.05, 3.63) is 35.4 Å². The quantitative estimate of drug-likeness (QED) is 0.764. The van der Waals surface area contributed by atoms with Crippen LogP contribution in [0, 0.1) is 5.92 Å². The zero-order chi connectivity index (χ0) is 14.5. The highest BCUT2D eigenvalue weighted by Crippen LogP contribution is 2.29. The summed E-state index contributed by atoms with van der Waals surface area (Å²) in [5, 5.41) is 3.26. The van der Waals surface area contributed by atoms with E-state index in [1.165, 1.54) is 12.1 Å². The first-order chi connectivity index (χ1) is 8.82. The molecular formula is C14H19ClF3N. The Morgan fingerprint density at radius 2 is 1.74 bits per heavy atom. The third kappa shape index (κ3) is 5.83. The van der Waals surface area contributed by atoms with Crippen molar-refractivity contribution in [1.82, 2.24) is 5.32 Å². The van der Waals surface area contributed by atoms with Gasteiger partial charge in [-0.25, -0.2) is 0 Å². The average molecular weight is 294 g/mol. The molecule has 0 aliphatic rings. The molecule has 0 aliphatic carbocycles. The summed E-state index contributed by atoms with van der Waals surface area (Å²) in [4.78, 5) is 0. The maximum absolute atomic E-state index is 12.4. The summed E-state index contributed by atoms with van der Waals surface area (Å²) < 4.78 is 37.2. The summed E-state index contributed by atoms with van der Waals surface area (Å²) in [7, 11) is 0. The lowest BCUT2D eigenvalue weighted by atomic mass is 10.0. The van der Waals surface area contributed by atoms with Crippen LogP contribution in [0.1, 0.15) is 31.4 Å². The van der Waals surface area contributed by atoms with Crippen molar-refractivity contribution < 1.29 is 13.2 Å². The van der Waals surface area contributed by atoms with Crippen LogP contribution >= 0.6 is 11.6 Å². The predicted octanol–water partition coefficient (Wildman–Crippen LogP) is 4.45. The molecule has 0 radical (unpaired) electrons. The summed E-state index contributed by atoms with van der Waals surface area (Å²) in [5.74, 6) is 1.03. The molecule has 1 aromatic rings. The molecule has 108 valence electrons. The van der Waals surface area contributed by atoms with Gasteiger partial charge in [-0.3, -0.25) is 0 Å². The Bertz CT molecular complexity index is 373. The lowest BCUT2D eigenvalue weighted by Gasteiger charge is -2.18. The fraction of sp³-hybridized carbons (Fsp3) is 0.571. The van der Waals surface area contributed by atoms with E-state index >= 15 is 0 Å². The second-order valence-corrected chi connectivity index (χ2v) is 5.36. The second-order valence-electron chi connectivity index (χ2n) is 5.06. The largest absolute Gasteiger partial charge is 0.416 e. The van der Waals surface area contributed by atoms with Crippen molar-refractivity contribution in [3.8, 4) is 0 Å². The molecule has 0 heterocycles. The lowest BCUT2D eigenvalue weighted by Crippen LogP contribution is -2.31. The first-order valence-corrected chi connectivity index (χ1v) is 6.82. The Morgan fingerprint density at radius 3 is 2.16 bits per heavy atom. The molecule has 0 aromatic heterocycles. The summed E-state index contributed by atoms with van der Waals surface area (Å²) in [5.41, 5.74) is 0.208. The van der Waals surface area contributed by atoms with E-state index in [1.807, 2.05) is 0 Å². The lowest BCUT2D eigenvalue weighted by molar-refractivity contribution is -0.137. The highest BCUT2D eigenvalue weighted by Gasteiger charge is 2.29. The molecule has 1 atom stereocenters. The monoisotopic (exact) mass is 293 g/mol. The van der Waals surface area contributed by atoms with Crippen LogP contribution in [0.5, 0.6) is 0 Å². The Kier molecular flexibility index (Phi) is 6.14. The number of nitrogens with one attached hydrogen (secondary N) is 1. The van der Waals surface area contributed by atoms with Crippen molar-refractivity contribution in [3.63, 3.8) is 0 Å². The topological polar surface area (TPSA) is 12.0 Å². The van der Waals surface area contributed by atoms with Crippen LogP contribution in [0.4, 0.5) is 13.2 Å². The minimum atomic E-state index is -4.28. The van der Waals surface area contributed by atoms with Gasteiger partial charge in [-0.15, -0.1) is 11.6 Å². The van der Waals surface area contributed by atoms with Crippen LogP contribution in [-0.2, 0) is 12.7 Å². The normalized spacial score (nSPS) is 13.8. The molecule has 0 aliphatic heterocycles. The van der Waals surface area contributed by atoms with Gasteiger partial charge in [-0.2, -0.15) is 13.2 Å². The first-order valence-electron chi connectivity index (χ1n) is 6.28. The number of benzene rings is 1. The smallest absolute Gasteiger partial charge is 0.309 e. The van der Waals surface area contributed by atoms with Gasteiger partial charge in [-0.1, -0.05) is 26.0 Å². The highest BCUT2D eigenvalue weighted by molar-refractivity contribution is 6.18. The van der Waals surface area contributed by atoms with E-state index in [-0.39, 0.29) is 6.04 Å². The second kappa shape index (κ2) is 7.15. The number of hydrogen-bond acceptors (Lipinski definition) is 1. The maximum atomic E-state index is 12.4. The summed E-state index contributed by atoms with van der Waals surface area (Å²) in [6.45, 7) is 4.75. The SMILES string of the molecule is CC(C)CC(CCl)NCc1ccc(C(F)(F)F)cc1. The first kappa shape index (κ1) is 16.3. The van der Waals surface area contributed by atoms with E-state index < -0.39 is 11.7 Å². The Morgan fingerprint density at radius 1 is 1.16 bits per heavy atom. The molecule has 0 spiro atoms. The van der Waals surface area contributed by atoms with Crippen LogP contribution in [0.15, 0.2) is 24.3 Å². The zero-order valence-corrected chi connectivity index (χ0v) is 11.9. The summed E-state index contributed by atoms with van der Waals surface area (Å²) in [6.07, 6.45) is -3.33. The van der Waals surface area contributed by atoms with Gasteiger partial charge in [0.05, 0.1) is 5.56 Å². The van der Waals surface area contributed by atoms with E-state index in [4.69, 9.17) is 11.6 Å². The van der Waals surface area contributed by atoms with Gasteiger partial charge in [0, 0.05) is 18.5 Å². The molecule has 0 amide bonds. The van der Waals surface area contributed by atoms with Crippen LogP contribution in [-0.4, -0.2) is 11.9 Å². The molecule has 1 unspecified atom stereocenters. The number of rotatable bonds is 6. The van der Waals surface area contributed by atoms with Gasteiger partial charge in [0.15, 0.2) is 0 Å². The Balaban J connectivity index is 2.54. The molecule has 5 heteroatoms. The number of hydrogen-bond donors (Lipinski definition) is 1. The molecule has 1 rings (SSSR count). The fourth-order valence-corrected chi connectivity index (χ4v) is 2.08. The van der Waals surface area contributed by atoms with Crippen LogP contribution in [0.3, 0.4) is 0 Å². The predicted molar refractivity (Wildman–Crippen MR) is 72.2 cm³/mol. The van der Waals surface area contributed by atoms with Gasteiger partial charge >= 0.3 is 6.18 Å². The zero-order valence-electron chi connectivity index (χ0n) is 11.1. The average Bonchev–Trinajstić information content (AvgIpc) is 2.33. The Labute approximate surface area is 117 Å². The third-order valence-electron chi connectivity index (χ3n) is 2.82. The molecular weight excluding hydrogens is 275 g/mol. The van der Waals surface area contributed by atoms with Gasteiger partial charge in [0.1, 0.15) is 0 Å². The highest BCUT2D eigenvalue weighted by atomic mass is 35.5. The van der Waals surface area contributed by atoms with Gasteiger partial charge in [-0.05, 0) is 30.0 Å². The van der Waals surface area contributed by atoms with E-state index in [9.17, 15) is 13.2 Å².